The summed E-state index contributed by atoms with van der Waals surface area (Å²) in [4.78, 5) is 26.2. The van der Waals surface area contributed by atoms with Crippen LogP contribution in [0.1, 0.15) is 64.3 Å². The minimum Gasteiger partial charge on any atom is -0.470 e. The normalized spacial score (nSPS) is 24.0. The van der Waals surface area contributed by atoms with Crippen LogP contribution in [-0.4, -0.2) is 45.9 Å². The summed E-state index contributed by atoms with van der Waals surface area (Å²) in [5.74, 6) is 1.17. The molecule has 1 fully saturated rings. The molecule has 0 aliphatic carbocycles. The third-order valence-corrected chi connectivity index (χ3v) is 6.50. The summed E-state index contributed by atoms with van der Waals surface area (Å²) in [6, 6.07) is 10.6. The van der Waals surface area contributed by atoms with E-state index in [1.165, 1.54) is 19.3 Å². The van der Waals surface area contributed by atoms with Crippen LogP contribution in [0, 0.1) is 0 Å². The Kier molecular flexibility index (Phi) is 6.70. The first kappa shape index (κ1) is 21.6. The van der Waals surface area contributed by atoms with Gasteiger partial charge in [0.25, 0.3) is 5.91 Å². The van der Waals surface area contributed by atoms with Crippen LogP contribution in [0.2, 0.25) is 0 Å². The molecule has 166 valence electrons. The summed E-state index contributed by atoms with van der Waals surface area (Å²) in [5.41, 5.74) is 6.61. The van der Waals surface area contributed by atoms with E-state index in [1.807, 2.05) is 29.2 Å². The number of aromatic nitrogens is 2. The summed E-state index contributed by atoms with van der Waals surface area (Å²) in [6.45, 7) is 6.48. The second-order valence-corrected chi connectivity index (χ2v) is 8.72. The second kappa shape index (κ2) is 9.64. The van der Waals surface area contributed by atoms with E-state index in [0.29, 0.717) is 36.0 Å². The molecule has 2 aliphatic rings. The summed E-state index contributed by atoms with van der Waals surface area (Å²) in [6.07, 6.45) is 7.82. The number of nitrogen functional groups attached to an aromatic ring is 1. The molecule has 1 aromatic heterocycles. The highest BCUT2D eigenvalue weighted by Gasteiger charge is 2.37. The van der Waals surface area contributed by atoms with Crippen LogP contribution >= 0.6 is 0 Å². The van der Waals surface area contributed by atoms with Crippen molar-refractivity contribution in [1.82, 2.24) is 14.9 Å². The Morgan fingerprint density at radius 3 is 2.58 bits per heavy atom. The number of carbonyl (C=O) groups is 1. The maximum absolute atomic E-state index is 13.3. The number of unbranched alkanes of at least 4 members (excludes halogenated alkanes) is 2. The van der Waals surface area contributed by atoms with Gasteiger partial charge in [-0.2, -0.15) is 0 Å². The molecule has 1 unspecified atom stereocenters. The van der Waals surface area contributed by atoms with Gasteiger partial charge in [-0.3, -0.25) is 9.69 Å². The molecule has 0 radical (unpaired) electrons. The maximum atomic E-state index is 13.3. The first-order valence-corrected chi connectivity index (χ1v) is 11.5. The molecule has 0 spiro atoms. The summed E-state index contributed by atoms with van der Waals surface area (Å²) in [5, 5.41) is 0. The van der Waals surface area contributed by atoms with E-state index in [4.69, 9.17) is 10.5 Å². The SMILES string of the molecule is C[C@@H]1CCC[C@H](C)N1CCCCCN1C(=O)C(c2nccc(N)n2)Oc2ccccc21. The standard InChI is InChI=1S/C24H33N5O2/c1-17-9-8-10-18(2)28(17)15-6-3-7-16-29-19-11-4-5-12-20(19)31-22(24(29)30)23-26-14-13-21(25)27-23/h4-5,11-14,17-18,22H,3,6-10,15-16H2,1-2H3,(H2,25,26,27)/t17-,18+,22?. The van der Waals surface area contributed by atoms with E-state index in [9.17, 15) is 4.79 Å². The van der Waals surface area contributed by atoms with Gasteiger partial charge in [0.05, 0.1) is 5.69 Å². The van der Waals surface area contributed by atoms with Gasteiger partial charge in [-0.25, -0.2) is 9.97 Å². The van der Waals surface area contributed by atoms with Crippen LogP contribution in [-0.2, 0) is 4.79 Å². The van der Waals surface area contributed by atoms with Crippen molar-refractivity contribution in [3.05, 3.63) is 42.4 Å². The fourth-order valence-electron chi connectivity index (χ4n) is 4.78. The number of para-hydroxylation sites is 2. The number of fused-ring (bicyclic) bond motifs is 1. The first-order valence-electron chi connectivity index (χ1n) is 11.5. The number of anilines is 2. The minimum absolute atomic E-state index is 0.137. The van der Waals surface area contributed by atoms with Crippen molar-refractivity contribution in [3.8, 4) is 5.75 Å². The average molecular weight is 424 g/mol. The first-order chi connectivity index (χ1) is 15.0. The molecule has 2 aliphatic heterocycles. The van der Waals surface area contributed by atoms with Crippen LogP contribution in [0.5, 0.6) is 5.75 Å². The molecule has 0 bridgehead atoms. The third-order valence-electron chi connectivity index (χ3n) is 6.50. The molecular weight excluding hydrogens is 390 g/mol. The molecule has 3 atom stereocenters. The number of nitrogens with zero attached hydrogens (tertiary/aromatic N) is 4. The Morgan fingerprint density at radius 1 is 1.06 bits per heavy atom. The van der Waals surface area contributed by atoms with E-state index in [-0.39, 0.29) is 5.91 Å². The third kappa shape index (κ3) is 4.82. The molecule has 2 N–H and O–H groups in total. The van der Waals surface area contributed by atoms with Crippen molar-refractivity contribution in [2.24, 2.45) is 0 Å². The number of likely N-dealkylation sites (tertiary alicyclic amines) is 1. The number of hydrogen-bond acceptors (Lipinski definition) is 6. The van der Waals surface area contributed by atoms with Crippen LogP contribution in [0.15, 0.2) is 36.5 Å². The van der Waals surface area contributed by atoms with Gasteiger partial charge in [-0.15, -0.1) is 0 Å². The van der Waals surface area contributed by atoms with Crippen LogP contribution in [0.4, 0.5) is 11.5 Å². The number of hydrogen-bond donors (Lipinski definition) is 1. The van der Waals surface area contributed by atoms with E-state index in [0.717, 1.165) is 31.5 Å². The van der Waals surface area contributed by atoms with Gasteiger partial charge in [0, 0.05) is 24.8 Å². The zero-order chi connectivity index (χ0) is 21.8. The lowest BCUT2D eigenvalue weighted by atomic mass is 9.97. The fraction of sp³-hybridized carbons (Fsp3) is 0.542. The number of amides is 1. The Bertz CT molecular complexity index is 895. The van der Waals surface area contributed by atoms with Gasteiger partial charge in [0.1, 0.15) is 11.6 Å². The van der Waals surface area contributed by atoms with Gasteiger partial charge in [0.15, 0.2) is 5.82 Å². The number of piperidine rings is 1. The summed E-state index contributed by atoms with van der Waals surface area (Å²) >= 11 is 0. The summed E-state index contributed by atoms with van der Waals surface area (Å²) in [7, 11) is 0. The van der Waals surface area contributed by atoms with Gasteiger partial charge < -0.3 is 15.4 Å². The number of benzene rings is 1. The minimum atomic E-state index is -0.867. The van der Waals surface area contributed by atoms with Crippen molar-refractivity contribution < 1.29 is 9.53 Å². The smallest absolute Gasteiger partial charge is 0.276 e. The van der Waals surface area contributed by atoms with Crippen molar-refractivity contribution in [2.75, 3.05) is 23.7 Å². The number of rotatable bonds is 7. The lowest BCUT2D eigenvalue weighted by Crippen LogP contribution is -2.44. The highest BCUT2D eigenvalue weighted by Crippen LogP contribution is 2.38. The molecular formula is C24H33N5O2. The van der Waals surface area contributed by atoms with Crippen molar-refractivity contribution in [2.45, 2.75) is 70.6 Å². The molecule has 1 amide bonds. The lowest BCUT2D eigenvalue weighted by Gasteiger charge is -2.39. The van der Waals surface area contributed by atoms with Crippen molar-refractivity contribution in [3.63, 3.8) is 0 Å². The number of nitrogens with two attached hydrogens (primary N) is 1. The van der Waals surface area contributed by atoms with Crippen LogP contribution < -0.4 is 15.4 Å². The predicted molar refractivity (Wildman–Crippen MR) is 122 cm³/mol. The Balaban J connectivity index is 1.39. The van der Waals surface area contributed by atoms with Gasteiger partial charge in [0.2, 0.25) is 6.10 Å². The average Bonchev–Trinajstić information content (AvgIpc) is 2.76. The molecule has 3 heterocycles. The second-order valence-electron chi connectivity index (χ2n) is 8.72. The molecule has 1 aromatic carbocycles. The van der Waals surface area contributed by atoms with Crippen molar-refractivity contribution in [1.29, 1.82) is 0 Å². The van der Waals surface area contributed by atoms with Gasteiger partial charge in [-0.05, 0) is 64.3 Å². The van der Waals surface area contributed by atoms with E-state index < -0.39 is 6.10 Å². The van der Waals surface area contributed by atoms with E-state index >= 15 is 0 Å². The molecule has 7 heteroatoms. The predicted octanol–water partition coefficient (Wildman–Crippen LogP) is 3.96. The Labute approximate surface area is 184 Å². The number of ether oxygens (including phenoxy) is 1. The topological polar surface area (TPSA) is 84.6 Å². The quantitative estimate of drug-likeness (QED) is 0.679. The molecule has 7 nitrogen and oxygen atoms in total. The fourth-order valence-corrected chi connectivity index (χ4v) is 4.78. The zero-order valence-corrected chi connectivity index (χ0v) is 18.5. The molecule has 1 saturated heterocycles. The lowest BCUT2D eigenvalue weighted by molar-refractivity contribution is -0.127. The maximum Gasteiger partial charge on any atom is 0.276 e. The molecule has 31 heavy (non-hydrogen) atoms. The van der Waals surface area contributed by atoms with Crippen LogP contribution in [0.3, 0.4) is 0 Å². The molecule has 2 aromatic rings. The molecule has 0 saturated carbocycles. The van der Waals surface area contributed by atoms with Gasteiger partial charge >= 0.3 is 0 Å². The highest BCUT2D eigenvalue weighted by molar-refractivity contribution is 6.00. The Morgan fingerprint density at radius 2 is 1.81 bits per heavy atom. The molecule has 4 rings (SSSR count). The van der Waals surface area contributed by atoms with Gasteiger partial charge in [-0.1, -0.05) is 25.0 Å². The summed E-state index contributed by atoms with van der Waals surface area (Å²) < 4.78 is 5.97. The highest BCUT2D eigenvalue weighted by atomic mass is 16.5. The van der Waals surface area contributed by atoms with Crippen LogP contribution in [0.25, 0.3) is 0 Å². The monoisotopic (exact) mass is 423 g/mol. The van der Waals surface area contributed by atoms with E-state index in [1.54, 1.807) is 12.3 Å². The Hall–Kier alpha value is -2.67. The largest absolute Gasteiger partial charge is 0.470 e. The van der Waals surface area contributed by atoms with E-state index in [2.05, 4.69) is 28.7 Å². The zero-order valence-electron chi connectivity index (χ0n) is 18.5. The van der Waals surface area contributed by atoms with Crippen molar-refractivity contribution >= 4 is 17.4 Å². The number of carbonyl (C=O) groups excluding carboxylic acids is 1.